The van der Waals surface area contributed by atoms with Gasteiger partial charge < -0.3 is 10.2 Å². The van der Waals surface area contributed by atoms with Crippen LogP contribution in [-0.2, 0) is 6.42 Å². The number of allylic oxidation sites excluding steroid dienone is 1. The highest BCUT2D eigenvalue weighted by Crippen LogP contribution is 2.60. The van der Waals surface area contributed by atoms with Crippen LogP contribution in [0.15, 0.2) is 182 Å². The van der Waals surface area contributed by atoms with E-state index in [-0.39, 0.29) is 6.17 Å². The third-order valence-electron chi connectivity index (χ3n) is 12.3. The Bertz CT molecular complexity index is 3050. The largest absolute Gasteiger partial charge is 0.359 e. The molecule has 12 rings (SSSR count). The van der Waals surface area contributed by atoms with Gasteiger partial charge in [0.2, 0.25) is 0 Å². The minimum Gasteiger partial charge on any atom is -0.359 e. The molecular formula is C53H36N2. The maximum absolute atomic E-state index is 3.81. The Morgan fingerprint density at radius 1 is 0.527 bits per heavy atom. The quantitative estimate of drug-likeness (QED) is 0.180. The summed E-state index contributed by atoms with van der Waals surface area (Å²) in [5, 5.41) is 11.9. The van der Waals surface area contributed by atoms with E-state index in [9.17, 15) is 0 Å². The lowest BCUT2D eigenvalue weighted by molar-refractivity contribution is 0.828. The predicted octanol–water partition coefficient (Wildman–Crippen LogP) is 14.1. The minimum atomic E-state index is 0.00512. The molecule has 8 aromatic rings. The second kappa shape index (κ2) is 11.8. The zero-order chi connectivity index (χ0) is 36.0. The summed E-state index contributed by atoms with van der Waals surface area (Å²) in [5.41, 5.74) is 17.1. The first kappa shape index (κ1) is 30.6. The summed E-state index contributed by atoms with van der Waals surface area (Å²) in [4.78, 5) is 2.41. The van der Waals surface area contributed by atoms with E-state index < -0.39 is 0 Å². The summed E-state index contributed by atoms with van der Waals surface area (Å²) in [6, 6.07) is 64.8. The highest BCUT2D eigenvalue weighted by atomic mass is 15.3. The van der Waals surface area contributed by atoms with E-state index in [2.05, 4.69) is 198 Å². The number of hydrogen-bond acceptors (Lipinski definition) is 2. The number of fused-ring (bicyclic) bond motifs is 8. The topological polar surface area (TPSA) is 15.3 Å². The average Bonchev–Trinajstić information content (AvgIpc) is 3.63. The van der Waals surface area contributed by atoms with Crippen LogP contribution in [0.4, 0.5) is 17.1 Å². The van der Waals surface area contributed by atoms with Crippen LogP contribution in [0.5, 0.6) is 0 Å². The maximum atomic E-state index is 3.81. The molecule has 0 bridgehead atoms. The molecule has 1 heterocycles. The summed E-state index contributed by atoms with van der Waals surface area (Å²) in [7, 11) is 0. The van der Waals surface area contributed by atoms with Gasteiger partial charge in [0, 0.05) is 11.6 Å². The highest BCUT2D eigenvalue weighted by molar-refractivity contribution is 6.33. The molecule has 258 valence electrons. The monoisotopic (exact) mass is 700 g/mol. The zero-order valence-corrected chi connectivity index (χ0v) is 30.2. The number of hydrogen-bond donors (Lipinski definition) is 1. The lowest BCUT2D eigenvalue weighted by Crippen LogP contribution is -2.23. The first-order valence-electron chi connectivity index (χ1n) is 19.4. The van der Waals surface area contributed by atoms with E-state index in [0.717, 1.165) is 12.1 Å². The normalized spacial score (nSPS) is 16.3. The lowest BCUT2D eigenvalue weighted by atomic mass is 9.68. The Labute approximate surface area is 320 Å². The Kier molecular flexibility index (Phi) is 6.55. The van der Waals surface area contributed by atoms with Gasteiger partial charge in [-0.2, -0.15) is 0 Å². The van der Waals surface area contributed by atoms with Crippen LogP contribution in [0.3, 0.4) is 0 Å². The molecule has 1 N–H and O–H groups in total. The number of rotatable bonds is 5. The molecule has 0 aromatic heterocycles. The molecule has 2 unspecified atom stereocenters. The van der Waals surface area contributed by atoms with E-state index in [0.29, 0.717) is 5.92 Å². The molecule has 0 spiro atoms. The van der Waals surface area contributed by atoms with Gasteiger partial charge in [0.15, 0.2) is 0 Å². The Balaban J connectivity index is 1.02. The van der Waals surface area contributed by atoms with Crippen LogP contribution < -0.4 is 10.2 Å². The highest BCUT2D eigenvalue weighted by Gasteiger charge is 2.35. The fraction of sp³-hybridized carbons (Fsp3) is 0.0566. The SMILES string of the molecule is C1=CC(c2c3ccccc3c(-c3ccc4ccccc4c3)c3c4c(-c5ccc(C6Nc7ccccc7N6c6ccccc6)cc5)cc-4c23)Cc2ccccc21. The van der Waals surface area contributed by atoms with Crippen LogP contribution in [0.25, 0.3) is 71.8 Å². The molecule has 0 fully saturated rings. The van der Waals surface area contributed by atoms with Gasteiger partial charge in [0.05, 0.1) is 11.4 Å². The molecule has 3 aliphatic carbocycles. The Morgan fingerprint density at radius 2 is 1.25 bits per heavy atom. The zero-order valence-electron chi connectivity index (χ0n) is 30.2. The summed E-state index contributed by atoms with van der Waals surface area (Å²) in [6.07, 6.45) is 5.81. The molecule has 2 atom stereocenters. The molecular weight excluding hydrogens is 665 g/mol. The van der Waals surface area contributed by atoms with Crippen molar-refractivity contribution in [2.45, 2.75) is 18.5 Å². The lowest BCUT2D eigenvalue weighted by Gasteiger charge is -2.35. The Morgan fingerprint density at radius 3 is 2.15 bits per heavy atom. The van der Waals surface area contributed by atoms with Crippen molar-refractivity contribution in [3.63, 3.8) is 0 Å². The third-order valence-corrected chi connectivity index (χ3v) is 12.3. The van der Waals surface area contributed by atoms with Crippen LogP contribution in [-0.4, -0.2) is 0 Å². The first-order valence-corrected chi connectivity index (χ1v) is 19.4. The number of anilines is 3. The summed E-state index contributed by atoms with van der Waals surface area (Å²) >= 11 is 0. The number of benzene rings is 9. The van der Waals surface area contributed by atoms with E-state index in [4.69, 9.17) is 0 Å². The van der Waals surface area contributed by atoms with E-state index >= 15 is 0 Å². The van der Waals surface area contributed by atoms with Gasteiger partial charge >= 0.3 is 0 Å². The fourth-order valence-corrected chi connectivity index (χ4v) is 9.73. The number of nitrogens with one attached hydrogen (secondary N) is 1. The number of para-hydroxylation sites is 3. The number of nitrogens with zero attached hydrogens (tertiary/aromatic N) is 1. The minimum absolute atomic E-state index is 0.00512. The molecule has 1 aliphatic heterocycles. The van der Waals surface area contributed by atoms with E-state index in [1.54, 1.807) is 0 Å². The van der Waals surface area contributed by atoms with Gasteiger partial charge in [-0.1, -0.05) is 152 Å². The summed E-state index contributed by atoms with van der Waals surface area (Å²) < 4.78 is 0. The van der Waals surface area contributed by atoms with Crippen molar-refractivity contribution in [3.05, 3.63) is 204 Å². The second-order valence-corrected chi connectivity index (χ2v) is 15.3. The standard InChI is InChI=1S/C53H36N2/c1-2-16-41(17-3-1)55-47-21-11-10-20-46(47)54-53(55)36-26-24-35(25-27-36)44-32-45-50(44)52-49(40-29-23-34-13-5-7-15-38(34)31-40)43-19-9-8-18-42(43)48(51(45)52)39-28-22-33-12-4-6-14-37(33)30-39/h1-29,31-32,39,53-54H,30H2. The van der Waals surface area contributed by atoms with Crippen molar-refractivity contribution in [3.8, 4) is 33.4 Å². The van der Waals surface area contributed by atoms with Crippen molar-refractivity contribution < 1.29 is 0 Å². The Hall–Kier alpha value is -6.90. The molecule has 8 aromatic carbocycles. The van der Waals surface area contributed by atoms with Crippen LogP contribution in [0, 0.1) is 0 Å². The van der Waals surface area contributed by atoms with Crippen LogP contribution >= 0.6 is 0 Å². The van der Waals surface area contributed by atoms with Crippen molar-refractivity contribution >= 4 is 55.5 Å². The molecule has 55 heavy (non-hydrogen) atoms. The van der Waals surface area contributed by atoms with E-state index in [1.807, 2.05) is 0 Å². The molecule has 4 aliphatic rings. The molecule has 0 saturated carbocycles. The van der Waals surface area contributed by atoms with Crippen LogP contribution in [0.2, 0.25) is 0 Å². The molecule has 2 nitrogen and oxygen atoms in total. The molecule has 0 radical (unpaired) electrons. The first-order chi connectivity index (χ1) is 27.3. The van der Waals surface area contributed by atoms with Crippen molar-refractivity contribution in [2.75, 3.05) is 10.2 Å². The van der Waals surface area contributed by atoms with Gasteiger partial charge in [-0.15, -0.1) is 0 Å². The third kappa shape index (κ3) is 4.55. The van der Waals surface area contributed by atoms with Gasteiger partial charge in [-0.05, 0) is 131 Å². The van der Waals surface area contributed by atoms with E-state index in [1.165, 1.54) is 99.3 Å². The molecule has 0 saturated heterocycles. The smallest absolute Gasteiger partial charge is 0.130 e. The van der Waals surface area contributed by atoms with Crippen molar-refractivity contribution in [1.29, 1.82) is 0 Å². The molecule has 2 heteroatoms. The predicted molar refractivity (Wildman–Crippen MR) is 232 cm³/mol. The van der Waals surface area contributed by atoms with Crippen LogP contribution in [0.1, 0.15) is 34.3 Å². The van der Waals surface area contributed by atoms with Gasteiger partial charge in [-0.25, -0.2) is 0 Å². The summed E-state index contributed by atoms with van der Waals surface area (Å²) in [6.45, 7) is 0. The van der Waals surface area contributed by atoms with Crippen molar-refractivity contribution in [2.24, 2.45) is 0 Å². The fourth-order valence-electron chi connectivity index (χ4n) is 9.73. The summed E-state index contributed by atoms with van der Waals surface area (Å²) in [5.74, 6) is 0.306. The maximum Gasteiger partial charge on any atom is 0.130 e. The van der Waals surface area contributed by atoms with Gasteiger partial charge in [0.1, 0.15) is 6.17 Å². The van der Waals surface area contributed by atoms with Gasteiger partial charge in [0.25, 0.3) is 0 Å². The molecule has 0 amide bonds. The van der Waals surface area contributed by atoms with Gasteiger partial charge in [-0.3, -0.25) is 0 Å². The average molecular weight is 701 g/mol. The second-order valence-electron chi connectivity index (χ2n) is 15.3. The van der Waals surface area contributed by atoms with Crippen molar-refractivity contribution in [1.82, 2.24) is 0 Å².